The molecule has 0 bridgehead atoms. The van der Waals surface area contributed by atoms with E-state index in [1.807, 2.05) is 6.92 Å². The number of hydrogen-bond donors (Lipinski definition) is 1. The highest BCUT2D eigenvalue weighted by molar-refractivity contribution is 6.33. The lowest BCUT2D eigenvalue weighted by atomic mass is 10.0. The van der Waals surface area contributed by atoms with E-state index in [0.717, 1.165) is 5.56 Å². The molecule has 0 saturated heterocycles. The van der Waals surface area contributed by atoms with Gasteiger partial charge in [0, 0.05) is 36.1 Å². The van der Waals surface area contributed by atoms with Gasteiger partial charge >= 0.3 is 0 Å². The maximum Gasteiger partial charge on any atom is 0.251 e. The zero-order valence-electron chi connectivity index (χ0n) is 9.74. The van der Waals surface area contributed by atoms with Gasteiger partial charge in [0.2, 0.25) is 0 Å². The van der Waals surface area contributed by atoms with Gasteiger partial charge in [-0.05, 0) is 24.6 Å². The van der Waals surface area contributed by atoms with E-state index in [1.165, 1.54) is 12.4 Å². The number of aromatic nitrogens is 2. The van der Waals surface area contributed by atoms with Gasteiger partial charge in [-0.2, -0.15) is 0 Å². The third kappa shape index (κ3) is 2.65. The van der Waals surface area contributed by atoms with Crippen LogP contribution < -0.4 is 5.56 Å². The molecule has 2 rings (SSSR count). The van der Waals surface area contributed by atoms with Crippen LogP contribution in [0.15, 0.2) is 35.5 Å². The molecule has 0 atom stereocenters. The number of hydrogen-bond acceptors (Lipinski definition) is 3. The van der Waals surface area contributed by atoms with Crippen molar-refractivity contribution in [3.63, 3.8) is 0 Å². The SMILES string of the molecule is Cc1c[nH]c(=O)c(CC(=O)c2ccncc2Cl)c1. The number of aromatic amines is 1. The van der Waals surface area contributed by atoms with Gasteiger partial charge in [0.1, 0.15) is 0 Å². The number of halogens is 1. The van der Waals surface area contributed by atoms with Gasteiger partial charge < -0.3 is 4.98 Å². The fraction of sp³-hybridized carbons (Fsp3) is 0.154. The van der Waals surface area contributed by atoms with Crippen molar-refractivity contribution in [2.75, 3.05) is 0 Å². The molecule has 4 nitrogen and oxygen atoms in total. The van der Waals surface area contributed by atoms with Crippen molar-refractivity contribution < 1.29 is 4.79 Å². The first kappa shape index (κ1) is 12.5. The first-order chi connectivity index (χ1) is 8.58. The van der Waals surface area contributed by atoms with E-state index in [2.05, 4.69) is 9.97 Å². The summed E-state index contributed by atoms with van der Waals surface area (Å²) in [7, 11) is 0. The average Bonchev–Trinajstić information content (AvgIpc) is 2.34. The Morgan fingerprint density at radius 2 is 2.28 bits per heavy atom. The van der Waals surface area contributed by atoms with Crippen LogP contribution in [-0.2, 0) is 6.42 Å². The molecule has 0 fully saturated rings. The second-order valence-corrected chi connectivity index (χ2v) is 4.39. The Balaban J connectivity index is 2.30. The summed E-state index contributed by atoms with van der Waals surface area (Å²) >= 11 is 5.89. The van der Waals surface area contributed by atoms with Crippen LogP contribution in [-0.4, -0.2) is 15.8 Å². The van der Waals surface area contributed by atoms with Crippen LogP contribution in [0.1, 0.15) is 21.5 Å². The summed E-state index contributed by atoms with van der Waals surface area (Å²) in [6.45, 7) is 1.85. The van der Waals surface area contributed by atoms with Crippen molar-refractivity contribution in [1.82, 2.24) is 9.97 Å². The van der Waals surface area contributed by atoms with E-state index in [9.17, 15) is 9.59 Å². The van der Waals surface area contributed by atoms with Crippen molar-refractivity contribution in [2.24, 2.45) is 0 Å². The predicted molar refractivity (Wildman–Crippen MR) is 69.1 cm³/mol. The molecule has 18 heavy (non-hydrogen) atoms. The summed E-state index contributed by atoms with van der Waals surface area (Å²) in [5, 5.41) is 0.298. The molecule has 0 aliphatic carbocycles. The molecule has 5 heteroatoms. The standard InChI is InChI=1S/C13H11ClN2O2/c1-8-4-9(13(18)16-6-8)5-12(17)10-2-3-15-7-11(10)14/h2-4,6-7H,5H2,1H3,(H,16,18). The molecular weight excluding hydrogens is 252 g/mol. The third-order valence-electron chi connectivity index (χ3n) is 2.55. The quantitative estimate of drug-likeness (QED) is 0.862. The van der Waals surface area contributed by atoms with Gasteiger partial charge in [-0.15, -0.1) is 0 Å². The number of ketones is 1. The third-order valence-corrected chi connectivity index (χ3v) is 2.85. The highest BCUT2D eigenvalue weighted by atomic mass is 35.5. The van der Waals surface area contributed by atoms with Crippen LogP contribution in [0.3, 0.4) is 0 Å². The van der Waals surface area contributed by atoms with E-state index in [1.54, 1.807) is 18.3 Å². The zero-order chi connectivity index (χ0) is 13.1. The largest absolute Gasteiger partial charge is 0.329 e. The van der Waals surface area contributed by atoms with E-state index in [-0.39, 0.29) is 17.8 Å². The second-order valence-electron chi connectivity index (χ2n) is 3.99. The van der Waals surface area contributed by atoms with Gasteiger partial charge in [0.05, 0.1) is 5.02 Å². The molecule has 0 aromatic carbocycles. The lowest BCUT2D eigenvalue weighted by Crippen LogP contribution is -2.16. The van der Waals surface area contributed by atoms with Gasteiger partial charge in [0.25, 0.3) is 5.56 Å². The zero-order valence-corrected chi connectivity index (χ0v) is 10.5. The average molecular weight is 263 g/mol. The summed E-state index contributed by atoms with van der Waals surface area (Å²) in [5.41, 5.74) is 1.47. The first-order valence-electron chi connectivity index (χ1n) is 5.39. The summed E-state index contributed by atoms with van der Waals surface area (Å²) in [6, 6.07) is 3.25. The minimum absolute atomic E-state index is 0.0285. The van der Waals surface area contributed by atoms with Crippen LogP contribution in [0.25, 0.3) is 0 Å². The van der Waals surface area contributed by atoms with Gasteiger partial charge in [-0.3, -0.25) is 14.6 Å². The molecule has 0 aliphatic rings. The van der Waals surface area contributed by atoms with Crippen molar-refractivity contribution in [3.8, 4) is 0 Å². The Kier molecular flexibility index (Phi) is 3.58. The monoisotopic (exact) mass is 262 g/mol. The molecule has 1 N–H and O–H groups in total. The fourth-order valence-electron chi connectivity index (χ4n) is 1.65. The van der Waals surface area contributed by atoms with Crippen molar-refractivity contribution in [2.45, 2.75) is 13.3 Å². The molecule has 0 spiro atoms. The maximum absolute atomic E-state index is 12.0. The number of Topliss-reactive ketones (excluding diaryl/α,β-unsaturated/α-hetero) is 1. The van der Waals surface area contributed by atoms with E-state index < -0.39 is 0 Å². The summed E-state index contributed by atoms with van der Waals surface area (Å²) < 4.78 is 0. The Hall–Kier alpha value is -1.94. The number of nitrogens with one attached hydrogen (secondary N) is 1. The number of aryl methyl sites for hydroxylation is 1. The molecular formula is C13H11ClN2O2. The van der Waals surface area contributed by atoms with Crippen LogP contribution in [0.2, 0.25) is 5.02 Å². The molecule has 0 unspecified atom stereocenters. The lowest BCUT2D eigenvalue weighted by molar-refractivity contribution is 0.0992. The predicted octanol–water partition coefficient (Wildman–Crippen LogP) is 2.16. The Bertz CT molecular complexity index is 649. The molecule has 0 radical (unpaired) electrons. The number of rotatable bonds is 3. The molecule has 92 valence electrons. The molecule has 2 aromatic heterocycles. The van der Waals surface area contributed by atoms with Gasteiger partial charge in [-0.25, -0.2) is 0 Å². The minimum atomic E-state index is -0.251. The van der Waals surface area contributed by atoms with Crippen LogP contribution >= 0.6 is 11.6 Å². The van der Waals surface area contributed by atoms with Crippen LogP contribution in [0.5, 0.6) is 0 Å². The number of carbonyl (C=O) groups excluding carboxylic acids is 1. The van der Waals surface area contributed by atoms with Gasteiger partial charge in [0.15, 0.2) is 5.78 Å². The van der Waals surface area contributed by atoms with Crippen molar-refractivity contribution >= 4 is 17.4 Å². The lowest BCUT2D eigenvalue weighted by Gasteiger charge is -2.03. The normalized spacial score (nSPS) is 10.3. The highest BCUT2D eigenvalue weighted by Gasteiger charge is 2.12. The van der Waals surface area contributed by atoms with E-state index >= 15 is 0 Å². The van der Waals surface area contributed by atoms with Crippen LogP contribution in [0.4, 0.5) is 0 Å². The topological polar surface area (TPSA) is 62.8 Å². The number of pyridine rings is 2. The first-order valence-corrected chi connectivity index (χ1v) is 5.76. The number of carbonyl (C=O) groups is 1. The Morgan fingerprint density at radius 1 is 1.50 bits per heavy atom. The molecule has 0 saturated carbocycles. The summed E-state index contributed by atoms with van der Waals surface area (Å²) in [4.78, 5) is 30.0. The van der Waals surface area contributed by atoms with Gasteiger partial charge in [-0.1, -0.05) is 11.6 Å². The summed E-state index contributed by atoms with van der Waals surface area (Å²) in [5.74, 6) is -0.196. The van der Waals surface area contributed by atoms with E-state index in [0.29, 0.717) is 16.1 Å². The molecule has 2 heterocycles. The summed E-state index contributed by atoms with van der Waals surface area (Å²) in [6.07, 6.45) is 4.55. The Labute approximate surface area is 109 Å². The number of H-pyrrole nitrogens is 1. The highest BCUT2D eigenvalue weighted by Crippen LogP contribution is 2.15. The van der Waals surface area contributed by atoms with Crippen molar-refractivity contribution in [1.29, 1.82) is 0 Å². The maximum atomic E-state index is 12.0. The molecule has 0 aliphatic heterocycles. The molecule has 2 aromatic rings. The van der Waals surface area contributed by atoms with Crippen LogP contribution in [0, 0.1) is 6.92 Å². The smallest absolute Gasteiger partial charge is 0.251 e. The fourth-order valence-corrected chi connectivity index (χ4v) is 1.88. The second kappa shape index (κ2) is 5.14. The number of nitrogens with zero attached hydrogens (tertiary/aromatic N) is 1. The molecule has 0 amide bonds. The minimum Gasteiger partial charge on any atom is -0.329 e. The van der Waals surface area contributed by atoms with E-state index in [4.69, 9.17) is 11.6 Å². The van der Waals surface area contributed by atoms with Crippen molar-refractivity contribution in [3.05, 3.63) is 62.8 Å². The Morgan fingerprint density at radius 3 is 3.00 bits per heavy atom.